The minimum absolute atomic E-state index is 0.183. The fraction of sp³-hybridized carbons (Fsp3) is 0.148. The molecule has 4 aromatic rings. The minimum Gasteiger partial charge on any atom is -0.491 e. The first-order chi connectivity index (χ1) is 16.6. The van der Waals surface area contributed by atoms with Gasteiger partial charge in [-0.1, -0.05) is 30.3 Å². The number of rotatable bonds is 4. The highest BCUT2D eigenvalue weighted by Gasteiger charge is 2.24. The van der Waals surface area contributed by atoms with Gasteiger partial charge in [-0.25, -0.2) is 9.37 Å². The van der Waals surface area contributed by atoms with Gasteiger partial charge in [-0.15, -0.1) is 0 Å². The third-order valence-electron chi connectivity index (χ3n) is 5.26. The van der Waals surface area contributed by atoms with Crippen molar-refractivity contribution >= 4 is 5.91 Å². The molecule has 1 aliphatic rings. The summed E-state index contributed by atoms with van der Waals surface area (Å²) in [6.07, 6.45) is 4.09. The zero-order chi connectivity index (χ0) is 23.8. The second-order valence-electron chi connectivity index (χ2n) is 7.51. The number of carbonyl (C=O) groups excluding carboxylic acids is 1. The third kappa shape index (κ3) is 5.75. The SMILES string of the molecule is COc1cc(-c2ccccc2)ccn1.O=C(NC1CCOc2cccnc21)c1ccc(F)cc1. The molecule has 7 heteroatoms. The molecule has 2 aromatic carbocycles. The molecule has 1 atom stereocenters. The van der Waals surface area contributed by atoms with Crippen LogP contribution >= 0.6 is 0 Å². The van der Waals surface area contributed by atoms with Crippen LogP contribution in [-0.2, 0) is 0 Å². The third-order valence-corrected chi connectivity index (χ3v) is 5.26. The van der Waals surface area contributed by atoms with Gasteiger partial charge in [0.15, 0.2) is 0 Å². The molecule has 5 rings (SSSR count). The summed E-state index contributed by atoms with van der Waals surface area (Å²) in [6, 6.07) is 23.0. The van der Waals surface area contributed by atoms with Crippen molar-refractivity contribution in [3.8, 4) is 22.8 Å². The molecule has 0 fully saturated rings. The monoisotopic (exact) mass is 457 g/mol. The summed E-state index contributed by atoms with van der Waals surface area (Å²) >= 11 is 0. The Kier molecular flexibility index (Phi) is 7.45. The topological polar surface area (TPSA) is 73.3 Å². The number of nitrogens with zero attached hydrogens (tertiary/aromatic N) is 2. The number of nitrogens with one attached hydrogen (secondary N) is 1. The lowest BCUT2D eigenvalue weighted by atomic mass is 10.1. The zero-order valence-corrected chi connectivity index (χ0v) is 18.6. The van der Waals surface area contributed by atoms with Gasteiger partial charge < -0.3 is 14.8 Å². The van der Waals surface area contributed by atoms with Crippen molar-refractivity contribution < 1.29 is 18.7 Å². The summed E-state index contributed by atoms with van der Waals surface area (Å²) in [6.45, 7) is 0.535. The van der Waals surface area contributed by atoms with Crippen LogP contribution in [0, 0.1) is 5.82 Å². The van der Waals surface area contributed by atoms with Gasteiger partial charge in [0, 0.05) is 30.4 Å². The second kappa shape index (κ2) is 11.0. The molecule has 0 aliphatic carbocycles. The van der Waals surface area contributed by atoms with Crippen molar-refractivity contribution in [2.75, 3.05) is 13.7 Å². The molecule has 2 aromatic heterocycles. The smallest absolute Gasteiger partial charge is 0.251 e. The van der Waals surface area contributed by atoms with Crippen LogP contribution in [0.4, 0.5) is 4.39 Å². The first-order valence-corrected chi connectivity index (χ1v) is 10.8. The van der Waals surface area contributed by atoms with Gasteiger partial charge >= 0.3 is 0 Å². The van der Waals surface area contributed by atoms with Crippen LogP contribution in [0.5, 0.6) is 11.6 Å². The van der Waals surface area contributed by atoms with Crippen LogP contribution in [0.15, 0.2) is 91.3 Å². The fourth-order valence-corrected chi connectivity index (χ4v) is 3.52. The van der Waals surface area contributed by atoms with Gasteiger partial charge in [0.1, 0.15) is 17.3 Å². The summed E-state index contributed by atoms with van der Waals surface area (Å²) in [4.78, 5) is 20.5. The Morgan fingerprint density at radius 1 is 0.971 bits per heavy atom. The highest BCUT2D eigenvalue weighted by Crippen LogP contribution is 2.29. The predicted molar refractivity (Wildman–Crippen MR) is 127 cm³/mol. The van der Waals surface area contributed by atoms with E-state index >= 15 is 0 Å². The van der Waals surface area contributed by atoms with E-state index in [0.717, 1.165) is 11.3 Å². The van der Waals surface area contributed by atoms with E-state index in [-0.39, 0.29) is 17.8 Å². The van der Waals surface area contributed by atoms with E-state index in [1.807, 2.05) is 36.4 Å². The van der Waals surface area contributed by atoms with Gasteiger partial charge in [0.05, 0.1) is 19.8 Å². The Balaban J connectivity index is 0.000000172. The molecule has 172 valence electrons. The average molecular weight is 458 g/mol. The summed E-state index contributed by atoms with van der Waals surface area (Å²) in [5.74, 6) is 0.739. The molecule has 1 amide bonds. The first kappa shape index (κ1) is 22.9. The van der Waals surface area contributed by atoms with E-state index < -0.39 is 0 Å². The molecule has 34 heavy (non-hydrogen) atoms. The summed E-state index contributed by atoms with van der Waals surface area (Å²) in [7, 11) is 1.62. The van der Waals surface area contributed by atoms with Gasteiger partial charge in [0.25, 0.3) is 5.91 Å². The molecule has 0 saturated heterocycles. The molecular formula is C27H24FN3O3. The molecule has 0 radical (unpaired) electrons. The van der Waals surface area contributed by atoms with Crippen LogP contribution in [0.25, 0.3) is 11.1 Å². The van der Waals surface area contributed by atoms with E-state index in [1.54, 1.807) is 25.6 Å². The fourth-order valence-electron chi connectivity index (χ4n) is 3.52. The van der Waals surface area contributed by atoms with Crippen molar-refractivity contribution in [2.24, 2.45) is 0 Å². The minimum atomic E-state index is -0.361. The largest absolute Gasteiger partial charge is 0.491 e. The second-order valence-corrected chi connectivity index (χ2v) is 7.51. The number of amides is 1. The van der Waals surface area contributed by atoms with E-state index in [1.165, 1.54) is 29.8 Å². The number of methoxy groups -OCH3 is 1. The maximum atomic E-state index is 12.8. The van der Waals surface area contributed by atoms with Crippen LogP contribution in [-0.4, -0.2) is 29.6 Å². The number of fused-ring (bicyclic) bond motifs is 1. The Hall–Kier alpha value is -4.26. The molecule has 1 unspecified atom stereocenters. The number of hydrogen-bond donors (Lipinski definition) is 1. The van der Waals surface area contributed by atoms with Crippen LogP contribution < -0.4 is 14.8 Å². The Labute approximate surface area is 197 Å². The number of carbonyl (C=O) groups is 1. The lowest BCUT2D eigenvalue weighted by Gasteiger charge is -2.25. The number of aromatic nitrogens is 2. The van der Waals surface area contributed by atoms with Gasteiger partial charge in [-0.2, -0.15) is 0 Å². The Morgan fingerprint density at radius 3 is 2.53 bits per heavy atom. The normalized spacial score (nSPS) is 14.0. The van der Waals surface area contributed by atoms with Crippen molar-refractivity contribution in [3.63, 3.8) is 0 Å². The number of pyridine rings is 2. The highest BCUT2D eigenvalue weighted by molar-refractivity contribution is 5.94. The Morgan fingerprint density at radius 2 is 1.76 bits per heavy atom. The zero-order valence-electron chi connectivity index (χ0n) is 18.6. The molecule has 6 nitrogen and oxygen atoms in total. The number of halogens is 1. The standard InChI is InChI=1S/C15H13FN2O2.C12H11NO/c16-11-5-3-10(4-6-11)15(19)18-12-7-9-20-13-2-1-8-17-14(12)13;1-14-12-9-11(7-8-13-12)10-5-3-2-4-6-10/h1-6,8,12H,7,9H2,(H,18,19);2-9H,1H3. The quantitative estimate of drug-likeness (QED) is 0.454. The van der Waals surface area contributed by atoms with Crippen molar-refractivity contribution in [2.45, 2.75) is 12.5 Å². The van der Waals surface area contributed by atoms with E-state index in [4.69, 9.17) is 9.47 Å². The summed E-state index contributed by atoms with van der Waals surface area (Å²) in [5, 5.41) is 2.91. The van der Waals surface area contributed by atoms with Gasteiger partial charge in [-0.05, 0) is 53.6 Å². The van der Waals surface area contributed by atoms with Crippen molar-refractivity contribution in [3.05, 3.63) is 108 Å². The lowest BCUT2D eigenvalue weighted by Crippen LogP contribution is -2.32. The number of ether oxygens (including phenoxy) is 2. The molecule has 0 spiro atoms. The molecule has 0 saturated carbocycles. The first-order valence-electron chi connectivity index (χ1n) is 10.8. The summed E-state index contributed by atoms with van der Waals surface area (Å²) < 4.78 is 23.4. The number of hydrogen-bond acceptors (Lipinski definition) is 5. The molecule has 1 N–H and O–H groups in total. The maximum Gasteiger partial charge on any atom is 0.251 e. The van der Waals surface area contributed by atoms with E-state index in [0.29, 0.717) is 30.2 Å². The van der Waals surface area contributed by atoms with Crippen LogP contribution in [0.1, 0.15) is 28.5 Å². The highest BCUT2D eigenvalue weighted by atomic mass is 19.1. The number of benzene rings is 2. The van der Waals surface area contributed by atoms with E-state index in [2.05, 4.69) is 27.4 Å². The van der Waals surface area contributed by atoms with Crippen LogP contribution in [0.2, 0.25) is 0 Å². The van der Waals surface area contributed by atoms with Gasteiger partial charge in [0.2, 0.25) is 5.88 Å². The molecule has 3 heterocycles. The summed E-state index contributed by atoms with van der Waals surface area (Å²) in [5.41, 5.74) is 3.45. The molecule has 0 bridgehead atoms. The maximum absolute atomic E-state index is 12.8. The molecule has 1 aliphatic heterocycles. The predicted octanol–water partition coefficient (Wildman–Crippen LogP) is 5.23. The average Bonchev–Trinajstić information content (AvgIpc) is 2.90. The lowest BCUT2D eigenvalue weighted by molar-refractivity contribution is 0.0923. The van der Waals surface area contributed by atoms with Crippen molar-refractivity contribution in [1.29, 1.82) is 0 Å². The van der Waals surface area contributed by atoms with Crippen molar-refractivity contribution in [1.82, 2.24) is 15.3 Å². The van der Waals surface area contributed by atoms with Crippen LogP contribution in [0.3, 0.4) is 0 Å². The van der Waals surface area contributed by atoms with E-state index in [9.17, 15) is 9.18 Å². The Bertz CT molecular complexity index is 1230. The van der Waals surface area contributed by atoms with Gasteiger partial charge in [-0.3, -0.25) is 9.78 Å². The molecular weight excluding hydrogens is 433 g/mol.